The lowest BCUT2D eigenvalue weighted by Gasteiger charge is -2.00. The number of thioether (sulfide) groups is 1. The van der Waals surface area contributed by atoms with E-state index in [1.807, 2.05) is 13.8 Å². The Morgan fingerprint density at radius 1 is 1.44 bits per heavy atom. The van der Waals surface area contributed by atoms with Gasteiger partial charge in [0, 0.05) is 17.4 Å². The first-order valence-electron chi connectivity index (χ1n) is 5.23. The molecule has 0 aromatic carbocycles. The van der Waals surface area contributed by atoms with Gasteiger partial charge in [-0.15, -0.1) is 11.8 Å². The van der Waals surface area contributed by atoms with Crippen LogP contribution in [0.2, 0.25) is 0 Å². The lowest BCUT2D eigenvalue weighted by Crippen LogP contribution is -1.90. The maximum absolute atomic E-state index is 10.5. The average molecular weight is 265 g/mol. The SMILES string of the molecule is Cc1noc(C)c1CSc1ccc([N+](=O)[O-])cn1. The lowest BCUT2D eigenvalue weighted by atomic mass is 10.2. The molecule has 94 valence electrons. The van der Waals surface area contributed by atoms with Crippen LogP contribution >= 0.6 is 11.8 Å². The number of hydrogen-bond acceptors (Lipinski definition) is 6. The van der Waals surface area contributed by atoms with Crippen LogP contribution in [-0.2, 0) is 5.75 Å². The molecule has 0 bridgehead atoms. The van der Waals surface area contributed by atoms with Gasteiger partial charge in [0.25, 0.3) is 5.69 Å². The molecule has 0 aliphatic rings. The summed E-state index contributed by atoms with van der Waals surface area (Å²) >= 11 is 1.49. The highest BCUT2D eigenvalue weighted by atomic mass is 32.2. The molecule has 7 heteroatoms. The van der Waals surface area contributed by atoms with Crippen molar-refractivity contribution in [2.45, 2.75) is 24.6 Å². The highest BCUT2D eigenvalue weighted by Crippen LogP contribution is 2.25. The summed E-state index contributed by atoms with van der Waals surface area (Å²) in [7, 11) is 0. The highest BCUT2D eigenvalue weighted by molar-refractivity contribution is 7.98. The fourth-order valence-electron chi connectivity index (χ4n) is 1.42. The van der Waals surface area contributed by atoms with Crippen LogP contribution < -0.4 is 0 Å². The molecule has 0 atom stereocenters. The first-order valence-corrected chi connectivity index (χ1v) is 6.21. The maximum atomic E-state index is 10.5. The van der Waals surface area contributed by atoms with Crippen LogP contribution in [-0.4, -0.2) is 15.1 Å². The van der Waals surface area contributed by atoms with Crippen molar-refractivity contribution in [3.8, 4) is 0 Å². The van der Waals surface area contributed by atoms with E-state index in [-0.39, 0.29) is 5.69 Å². The third-order valence-corrected chi connectivity index (χ3v) is 3.45. The minimum atomic E-state index is -0.463. The zero-order valence-corrected chi connectivity index (χ0v) is 10.7. The third-order valence-electron chi connectivity index (χ3n) is 2.48. The lowest BCUT2D eigenvalue weighted by molar-refractivity contribution is -0.385. The zero-order chi connectivity index (χ0) is 13.1. The maximum Gasteiger partial charge on any atom is 0.287 e. The molecule has 0 spiro atoms. The average Bonchev–Trinajstić information content (AvgIpc) is 2.67. The fraction of sp³-hybridized carbons (Fsp3) is 0.273. The van der Waals surface area contributed by atoms with Gasteiger partial charge in [-0.05, 0) is 19.9 Å². The molecule has 0 amide bonds. The molecule has 0 fully saturated rings. The molecule has 0 radical (unpaired) electrons. The van der Waals surface area contributed by atoms with Crippen molar-refractivity contribution in [3.63, 3.8) is 0 Å². The van der Waals surface area contributed by atoms with Crippen molar-refractivity contribution in [3.05, 3.63) is 45.5 Å². The first-order chi connectivity index (χ1) is 8.58. The number of aryl methyl sites for hydroxylation is 2. The Labute approximate surface area is 108 Å². The van der Waals surface area contributed by atoms with E-state index in [0.29, 0.717) is 5.75 Å². The second-order valence-electron chi connectivity index (χ2n) is 3.70. The molecule has 2 aromatic rings. The van der Waals surface area contributed by atoms with Crippen molar-refractivity contribution < 1.29 is 9.45 Å². The summed E-state index contributed by atoms with van der Waals surface area (Å²) in [5.74, 6) is 1.48. The molecule has 6 nitrogen and oxygen atoms in total. The van der Waals surface area contributed by atoms with Crippen molar-refractivity contribution in [2.75, 3.05) is 0 Å². The summed E-state index contributed by atoms with van der Waals surface area (Å²) in [5, 5.41) is 15.1. The van der Waals surface area contributed by atoms with E-state index in [1.165, 1.54) is 24.0 Å². The largest absolute Gasteiger partial charge is 0.361 e. The van der Waals surface area contributed by atoms with Crippen molar-refractivity contribution >= 4 is 17.4 Å². The fourth-order valence-corrected chi connectivity index (χ4v) is 2.42. The smallest absolute Gasteiger partial charge is 0.287 e. The third kappa shape index (κ3) is 2.67. The summed E-state index contributed by atoms with van der Waals surface area (Å²) in [6.45, 7) is 3.74. The Hall–Kier alpha value is -1.89. The number of nitro groups is 1. The first kappa shape index (κ1) is 12.6. The molecule has 18 heavy (non-hydrogen) atoms. The molecular weight excluding hydrogens is 254 g/mol. The molecule has 2 aromatic heterocycles. The van der Waals surface area contributed by atoms with Crippen LogP contribution in [0.3, 0.4) is 0 Å². The molecule has 0 aliphatic carbocycles. The Morgan fingerprint density at radius 3 is 2.72 bits per heavy atom. The highest BCUT2D eigenvalue weighted by Gasteiger charge is 2.10. The van der Waals surface area contributed by atoms with Gasteiger partial charge in [-0.3, -0.25) is 10.1 Å². The van der Waals surface area contributed by atoms with Crippen LogP contribution in [0.15, 0.2) is 27.9 Å². The monoisotopic (exact) mass is 265 g/mol. The van der Waals surface area contributed by atoms with E-state index in [1.54, 1.807) is 6.07 Å². The summed E-state index contributed by atoms with van der Waals surface area (Å²) in [4.78, 5) is 14.1. The van der Waals surface area contributed by atoms with E-state index < -0.39 is 4.92 Å². The van der Waals surface area contributed by atoms with Crippen LogP contribution in [0, 0.1) is 24.0 Å². The van der Waals surface area contributed by atoms with Gasteiger partial charge in [-0.2, -0.15) is 0 Å². The molecule has 2 rings (SSSR count). The van der Waals surface area contributed by atoms with Crippen molar-refractivity contribution in [2.24, 2.45) is 0 Å². The topological polar surface area (TPSA) is 82.1 Å². The Bertz CT molecular complexity index is 546. The Morgan fingerprint density at radius 2 is 2.22 bits per heavy atom. The van der Waals surface area contributed by atoms with Gasteiger partial charge in [0.05, 0.1) is 15.6 Å². The number of aromatic nitrogens is 2. The molecule has 0 aliphatic heterocycles. The predicted molar refractivity (Wildman–Crippen MR) is 66.4 cm³/mol. The quantitative estimate of drug-likeness (QED) is 0.480. The normalized spacial score (nSPS) is 10.6. The van der Waals surface area contributed by atoms with E-state index in [9.17, 15) is 10.1 Å². The molecule has 0 saturated heterocycles. The van der Waals surface area contributed by atoms with Gasteiger partial charge in [0.1, 0.15) is 12.0 Å². The number of rotatable bonds is 4. The zero-order valence-electron chi connectivity index (χ0n) is 9.91. The van der Waals surface area contributed by atoms with Gasteiger partial charge in [-0.1, -0.05) is 5.16 Å². The molecule has 0 N–H and O–H groups in total. The van der Waals surface area contributed by atoms with E-state index in [2.05, 4.69) is 10.1 Å². The standard InChI is InChI=1S/C11H11N3O3S/c1-7-10(8(2)17-13-7)6-18-11-4-3-9(5-12-11)14(15)16/h3-5H,6H2,1-2H3. The van der Waals surface area contributed by atoms with Gasteiger partial charge >= 0.3 is 0 Å². The van der Waals surface area contributed by atoms with Gasteiger partial charge < -0.3 is 4.52 Å². The van der Waals surface area contributed by atoms with Crippen LogP contribution in [0.25, 0.3) is 0 Å². The predicted octanol–water partition coefficient (Wildman–Crippen LogP) is 2.89. The minimum Gasteiger partial charge on any atom is -0.361 e. The molecule has 0 saturated carbocycles. The Balaban J connectivity index is 2.04. The van der Waals surface area contributed by atoms with Gasteiger partial charge in [0.2, 0.25) is 0 Å². The number of pyridine rings is 1. The van der Waals surface area contributed by atoms with Crippen molar-refractivity contribution in [1.29, 1.82) is 0 Å². The molecule has 0 unspecified atom stereocenters. The van der Waals surface area contributed by atoms with Gasteiger partial charge in [-0.25, -0.2) is 4.98 Å². The summed E-state index contributed by atoms with van der Waals surface area (Å²) < 4.78 is 5.06. The second-order valence-corrected chi connectivity index (χ2v) is 4.70. The van der Waals surface area contributed by atoms with Gasteiger partial charge in [0.15, 0.2) is 0 Å². The van der Waals surface area contributed by atoms with E-state index in [0.717, 1.165) is 22.0 Å². The molecular formula is C11H11N3O3S. The Kier molecular flexibility index (Phi) is 3.61. The van der Waals surface area contributed by atoms with E-state index in [4.69, 9.17) is 4.52 Å². The minimum absolute atomic E-state index is 0.00307. The summed E-state index contributed by atoms with van der Waals surface area (Å²) in [6, 6.07) is 3.09. The molecule has 2 heterocycles. The number of hydrogen-bond donors (Lipinski definition) is 0. The number of nitrogens with zero attached hydrogens (tertiary/aromatic N) is 3. The summed E-state index contributed by atoms with van der Waals surface area (Å²) in [5.41, 5.74) is 1.90. The van der Waals surface area contributed by atoms with Crippen molar-refractivity contribution in [1.82, 2.24) is 10.1 Å². The second kappa shape index (κ2) is 5.18. The van der Waals surface area contributed by atoms with Crippen LogP contribution in [0.4, 0.5) is 5.69 Å². The van der Waals surface area contributed by atoms with E-state index >= 15 is 0 Å². The van der Waals surface area contributed by atoms with Crippen LogP contribution in [0.1, 0.15) is 17.0 Å². The summed E-state index contributed by atoms with van der Waals surface area (Å²) in [6.07, 6.45) is 1.26. The van der Waals surface area contributed by atoms with Crippen LogP contribution in [0.5, 0.6) is 0 Å².